The minimum atomic E-state index is 0.457. The van der Waals surface area contributed by atoms with E-state index in [2.05, 4.69) is 0 Å². The van der Waals surface area contributed by atoms with Gasteiger partial charge in [-0.25, -0.2) is 0 Å². The van der Waals surface area contributed by atoms with Crippen molar-refractivity contribution in [2.75, 3.05) is 6.61 Å². The molecule has 3 saturated carbocycles. The second-order valence-corrected chi connectivity index (χ2v) is 6.66. The fourth-order valence-corrected chi connectivity index (χ4v) is 4.90. The predicted octanol–water partition coefficient (Wildman–Crippen LogP) is 3.61. The molecule has 1 N–H and O–H groups in total. The van der Waals surface area contributed by atoms with Crippen molar-refractivity contribution < 1.29 is 5.11 Å². The van der Waals surface area contributed by atoms with Crippen molar-refractivity contribution in [2.24, 2.45) is 29.6 Å². The molecule has 0 heterocycles. The van der Waals surface area contributed by atoms with Gasteiger partial charge >= 0.3 is 0 Å². The molecule has 4 unspecified atom stereocenters. The van der Waals surface area contributed by atoms with Crippen molar-refractivity contribution in [1.29, 1.82) is 0 Å². The van der Waals surface area contributed by atoms with E-state index in [0.717, 1.165) is 23.7 Å². The first kappa shape index (κ1) is 11.1. The van der Waals surface area contributed by atoms with Crippen LogP contribution in [-0.2, 0) is 0 Å². The highest BCUT2D eigenvalue weighted by molar-refractivity contribution is 4.91. The summed E-state index contributed by atoms with van der Waals surface area (Å²) < 4.78 is 0. The fourth-order valence-electron chi connectivity index (χ4n) is 4.90. The van der Waals surface area contributed by atoms with Crippen LogP contribution in [-0.4, -0.2) is 11.7 Å². The highest BCUT2D eigenvalue weighted by Gasteiger charge is 2.41. The summed E-state index contributed by atoms with van der Waals surface area (Å²) in [5, 5.41) is 9.62. The van der Waals surface area contributed by atoms with E-state index in [1.807, 2.05) is 0 Å². The molecule has 0 aromatic carbocycles. The Morgan fingerprint density at radius 3 is 2.38 bits per heavy atom. The lowest BCUT2D eigenvalue weighted by atomic mass is 9.78. The zero-order chi connectivity index (χ0) is 11.0. The lowest BCUT2D eigenvalue weighted by molar-refractivity contribution is 0.134. The molecular weight excluding hydrogens is 196 g/mol. The number of aliphatic hydroxyl groups is 1. The van der Waals surface area contributed by atoms with Crippen LogP contribution in [0.1, 0.15) is 57.8 Å². The number of hydrogen-bond acceptors (Lipinski definition) is 1. The van der Waals surface area contributed by atoms with Gasteiger partial charge in [0.05, 0.1) is 0 Å². The van der Waals surface area contributed by atoms with Crippen LogP contribution in [0.5, 0.6) is 0 Å². The molecule has 0 spiro atoms. The molecule has 0 radical (unpaired) electrons. The van der Waals surface area contributed by atoms with Crippen LogP contribution >= 0.6 is 0 Å². The van der Waals surface area contributed by atoms with Crippen molar-refractivity contribution >= 4 is 0 Å². The van der Waals surface area contributed by atoms with Crippen LogP contribution in [0.25, 0.3) is 0 Å². The third-order valence-corrected chi connectivity index (χ3v) is 5.79. The molecular formula is C15H26O. The van der Waals surface area contributed by atoms with E-state index < -0.39 is 0 Å². The minimum Gasteiger partial charge on any atom is -0.396 e. The van der Waals surface area contributed by atoms with Crippen molar-refractivity contribution in [3.8, 4) is 0 Å². The molecule has 3 fully saturated rings. The Hall–Kier alpha value is -0.0400. The molecule has 3 aliphatic rings. The molecule has 16 heavy (non-hydrogen) atoms. The zero-order valence-corrected chi connectivity index (χ0v) is 10.4. The molecule has 0 aromatic rings. The highest BCUT2D eigenvalue weighted by Crippen LogP contribution is 2.51. The third kappa shape index (κ3) is 2.03. The Bertz CT molecular complexity index is 232. The van der Waals surface area contributed by atoms with E-state index in [-0.39, 0.29) is 0 Å². The summed E-state index contributed by atoms with van der Waals surface area (Å²) in [7, 11) is 0. The maximum Gasteiger partial charge on any atom is 0.0462 e. The number of rotatable bonds is 4. The second kappa shape index (κ2) is 4.68. The van der Waals surface area contributed by atoms with Crippen LogP contribution in [0.15, 0.2) is 0 Å². The van der Waals surface area contributed by atoms with Crippen LogP contribution in [0.4, 0.5) is 0 Å². The zero-order valence-electron chi connectivity index (χ0n) is 10.4. The first-order valence-electron chi connectivity index (χ1n) is 7.47. The lowest BCUT2D eigenvalue weighted by Crippen LogP contribution is -2.22. The average molecular weight is 222 g/mol. The Morgan fingerprint density at radius 2 is 1.81 bits per heavy atom. The molecule has 0 amide bonds. The molecule has 92 valence electrons. The summed E-state index contributed by atoms with van der Waals surface area (Å²) >= 11 is 0. The molecule has 0 saturated heterocycles. The van der Waals surface area contributed by atoms with Crippen molar-refractivity contribution in [2.45, 2.75) is 57.8 Å². The standard InChI is InChI=1S/C15H26O/c16-10-15(12-3-1-2-4-12)9-14-8-11-5-6-13(14)7-11/h11-16H,1-10H2. The summed E-state index contributed by atoms with van der Waals surface area (Å²) in [6, 6.07) is 0. The summed E-state index contributed by atoms with van der Waals surface area (Å²) in [5.74, 6) is 4.60. The molecule has 0 aliphatic heterocycles. The van der Waals surface area contributed by atoms with E-state index in [4.69, 9.17) is 0 Å². The van der Waals surface area contributed by atoms with Gasteiger partial charge in [0.15, 0.2) is 0 Å². The monoisotopic (exact) mass is 222 g/mol. The van der Waals surface area contributed by atoms with Gasteiger partial charge in [-0.2, -0.15) is 0 Å². The van der Waals surface area contributed by atoms with Crippen LogP contribution in [0, 0.1) is 29.6 Å². The maximum atomic E-state index is 9.62. The first-order valence-corrected chi connectivity index (χ1v) is 7.47. The first-order chi connectivity index (χ1) is 7.86. The Morgan fingerprint density at radius 1 is 1.00 bits per heavy atom. The average Bonchev–Trinajstić information content (AvgIpc) is 3.01. The summed E-state index contributed by atoms with van der Waals surface area (Å²) in [6.45, 7) is 0.457. The Kier molecular flexibility index (Phi) is 3.24. The normalized spacial score (nSPS) is 40.7. The second-order valence-electron chi connectivity index (χ2n) is 6.66. The molecule has 3 rings (SSSR count). The lowest BCUT2D eigenvalue weighted by Gasteiger charge is -2.29. The Labute approximate surface area is 99.6 Å². The summed E-state index contributed by atoms with van der Waals surface area (Å²) in [4.78, 5) is 0. The maximum absolute atomic E-state index is 9.62. The molecule has 0 aromatic heterocycles. The van der Waals surface area contributed by atoms with Crippen molar-refractivity contribution in [3.63, 3.8) is 0 Å². The summed E-state index contributed by atoms with van der Waals surface area (Å²) in [6.07, 6.45) is 13.0. The van der Waals surface area contributed by atoms with E-state index in [9.17, 15) is 5.11 Å². The van der Waals surface area contributed by atoms with Gasteiger partial charge in [-0.15, -0.1) is 0 Å². The van der Waals surface area contributed by atoms with E-state index >= 15 is 0 Å². The quantitative estimate of drug-likeness (QED) is 0.770. The number of aliphatic hydroxyl groups excluding tert-OH is 1. The van der Waals surface area contributed by atoms with Crippen molar-refractivity contribution in [3.05, 3.63) is 0 Å². The minimum absolute atomic E-state index is 0.457. The topological polar surface area (TPSA) is 20.2 Å². The van der Waals surface area contributed by atoms with Gasteiger partial charge in [0.25, 0.3) is 0 Å². The highest BCUT2D eigenvalue weighted by atomic mass is 16.3. The van der Waals surface area contributed by atoms with E-state index in [0.29, 0.717) is 12.5 Å². The van der Waals surface area contributed by atoms with Crippen LogP contribution < -0.4 is 0 Å². The van der Waals surface area contributed by atoms with E-state index in [1.165, 1.54) is 57.8 Å². The van der Waals surface area contributed by atoms with Gasteiger partial charge in [0, 0.05) is 6.61 Å². The van der Waals surface area contributed by atoms with Gasteiger partial charge in [0.1, 0.15) is 0 Å². The summed E-state index contributed by atoms with van der Waals surface area (Å²) in [5.41, 5.74) is 0. The largest absolute Gasteiger partial charge is 0.396 e. The fraction of sp³-hybridized carbons (Fsp3) is 1.00. The van der Waals surface area contributed by atoms with Gasteiger partial charge in [0.2, 0.25) is 0 Å². The van der Waals surface area contributed by atoms with Gasteiger partial charge in [-0.05, 0) is 55.3 Å². The molecule has 1 nitrogen and oxygen atoms in total. The van der Waals surface area contributed by atoms with Gasteiger partial charge in [-0.3, -0.25) is 0 Å². The van der Waals surface area contributed by atoms with Crippen LogP contribution in [0.2, 0.25) is 0 Å². The van der Waals surface area contributed by atoms with E-state index in [1.54, 1.807) is 0 Å². The smallest absolute Gasteiger partial charge is 0.0462 e. The molecule has 3 aliphatic carbocycles. The van der Waals surface area contributed by atoms with Crippen LogP contribution in [0.3, 0.4) is 0 Å². The Balaban J connectivity index is 1.55. The van der Waals surface area contributed by atoms with Crippen molar-refractivity contribution in [1.82, 2.24) is 0 Å². The van der Waals surface area contributed by atoms with Gasteiger partial charge in [-0.1, -0.05) is 32.1 Å². The molecule has 4 atom stereocenters. The number of fused-ring (bicyclic) bond motifs is 2. The van der Waals surface area contributed by atoms with Gasteiger partial charge < -0.3 is 5.11 Å². The molecule has 1 heteroatoms. The predicted molar refractivity (Wildman–Crippen MR) is 66.1 cm³/mol. The molecule has 2 bridgehead atoms. The number of hydrogen-bond donors (Lipinski definition) is 1. The third-order valence-electron chi connectivity index (χ3n) is 5.79. The SMILES string of the molecule is OCC(CC1CC2CCC1C2)C1CCCC1.